The van der Waals surface area contributed by atoms with Crippen molar-refractivity contribution in [3.05, 3.63) is 75.8 Å². The molecular formula is C23H22ClF2N5O2S. The third kappa shape index (κ3) is 5.08. The number of aliphatic hydroxyl groups is 1. The highest BCUT2D eigenvalue weighted by Crippen LogP contribution is 2.34. The maximum absolute atomic E-state index is 13.9. The zero-order valence-corrected chi connectivity index (χ0v) is 20.5. The second-order valence-electron chi connectivity index (χ2n) is 8.35. The summed E-state index contributed by atoms with van der Waals surface area (Å²) in [5, 5.41) is 11.2. The normalized spacial score (nSPS) is 14.5. The van der Waals surface area contributed by atoms with Gasteiger partial charge >= 0.3 is 0 Å². The van der Waals surface area contributed by atoms with Crippen molar-refractivity contribution in [1.29, 1.82) is 0 Å². The molecule has 0 bridgehead atoms. The fourth-order valence-corrected chi connectivity index (χ4v) is 4.27. The lowest BCUT2D eigenvalue weighted by Crippen LogP contribution is -2.27. The first-order valence-corrected chi connectivity index (χ1v) is 11.5. The topological polar surface area (TPSA) is 84.3 Å². The van der Waals surface area contributed by atoms with E-state index in [0.29, 0.717) is 33.9 Å². The average Bonchev–Trinajstić information content (AvgIpc) is 3.26. The number of nitrogens with zero attached hydrogens (tertiary/aromatic N) is 5. The summed E-state index contributed by atoms with van der Waals surface area (Å²) in [6.07, 6.45) is 4.44. The molecule has 0 aromatic carbocycles. The Morgan fingerprint density at radius 2 is 1.97 bits per heavy atom. The quantitative estimate of drug-likeness (QED) is 0.493. The molecule has 1 aliphatic rings. The molecule has 178 valence electrons. The number of anilines is 1. The first kappa shape index (κ1) is 24.2. The van der Waals surface area contributed by atoms with Crippen LogP contribution in [0.2, 0.25) is 0 Å². The van der Waals surface area contributed by atoms with Crippen LogP contribution in [-0.2, 0) is 16.9 Å². The van der Waals surface area contributed by atoms with Crippen LogP contribution in [0.15, 0.2) is 47.1 Å². The third-order valence-electron chi connectivity index (χ3n) is 5.14. The fourth-order valence-electron chi connectivity index (χ4n) is 3.27. The molecule has 11 heteroatoms. The molecule has 0 radical (unpaired) electrons. The Morgan fingerprint density at radius 3 is 2.65 bits per heavy atom. The molecule has 4 rings (SSSR count). The Hall–Kier alpha value is -2.95. The maximum atomic E-state index is 13.9. The third-order valence-corrected chi connectivity index (χ3v) is 6.18. The van der Waals surface area contributed by atoms with Crippen LogP contribution >= 0.6 is 23.1 Å². The summed E-state index contributed by atoms with van der Waals surface area (Å²) in [6, 6.07) is 2.66. The average molecular weight is 506 g/mol. The van der Waals surface area contributed by atoms with Gasteiger partial charge in [0.15, 0.2) is 16.6 Å². The van der Waals surface area contributed by atoms with E-state index in [1.54, 1.807) is 26.1 Å². The van der Waals surface area contributed by atoms with Gasteiger partial charge in [-0.1, -0.05) is 11.6 Å². The molecule has 0 spiro atoms. The lowest BCUT2D eigenvalue weighted by Gasteiger charge is -2.31. The van der Waals surface area contributed by atoms with Crippen LogP contribution in [0.5, 0.6) is 0 Å². The summed E-state index contributed by atoms with van der Waals surface area (Å²) in [5.41, 5.74) is 2.12. The summed E-state index contributed by atoms with van der Waals surface area (Å²) in [5.74, 6) is -0.796. The molecule has 0 atom stereocenters. The van der Waals surface area contributed by atoms with E-state index < -0.39 is 17.2 Å². The highest BCUT2D eigenvalue weighted by molar-refractivity contribution is 7.09. The number of aromatic nitrogens is 4. The molecule has 3 aromatic rings. The van der Waals surface area contributed by atoms with Crippen molar-refractivity contribution in [1.82, 2.24) is 19.3 Å². The summed E-state index contributed by atoms with van der Waals surface area (Å²) in [7, 11) is 0. The Morgan fingerprint density at radius 1 is 1.21 bits per heavy atom. The number of rotatable bonds is 6. The summed E-state index contributed by atoms with van der Waals surface area (Å²) < 4.78 is 36.9. The zero-order chi connectivity index (χ0) is 24.6. The van der Waals surface area contributed by atoms with Crippen LogP contribution in [0.25, 0.3) is 10.7 Å². The Kier molecular flexibility index (Phi) is 6.66. The first-order valence-electron chi connectivity index (χ1n) is 10.3. The van der Waals surface area contributed by atoms with E-state index in [1.807, 2.05) is 24.8 Å². The van der Waals surface area contributed by atoms with Gasteiger partial charge in [-0.2, -0.15) is 4.37 Å². The molecule has 0 amide bonds. The number of allylic oxidation sites excluding steroid dienone is 2. The number of pyridine rings is 2. The van der Waals surface area contributed by atoms with Gasteiger partial charge in [-0.15, -0.1) is 0 Å². The van der Waals surface area contributed by atoms with Crippen LogP contribution in [-0.4, -0.2) is 31.0 Å². The molecule has 0 saturated carbocycles. The summed E-state index contributed by atoms with van der Waals surface area (Å²) in [4.78, 5) is 14.6. The molecule has 0 fully saturated rings. The van der Waals surface area contributed by atoms with Crippen molar-refractivity contribution < 1.29 is 18.6 Å². The van der Waals surface area contributed by atoms with Crippen LogP contribution < -0.4 is 4.90 Å². The Bertz CT molecular complexity index is 1300. The molecule has 7 nitrogen and oxygen atoms in total. The monoisotopic (exact) mass is 505 g/mol. The second kappa shape index (κ2) is 9.36. The lowest BCUT2D eigenvalue weighted by molar-refractivity contribution is 0.0701. The van der Waals surface area contributed by atoms with Gasteiger partial charge in [-0.05, 0) is 50.9 Å². The summed E-state index contributed by atoms with van der Waals surface area (Å²) in [6.45, 7) is 7.25. The standard InChI is InChI=1S/C23H22ClF2N5O2S/c1-12-8-27-17(21-29-22(30-34-21)23(3,4)32)7-19(12)31-10-15(24)20(5-13(31)2)33-11-18-16(26)6-14(25)9-28-18/h5-9,32H,10-11H2,1-4H3. The van der Waals surface area contributed by atoms with Gasteiger partial charge in [0.1, 0.15) is 35.2 Å². The van der Waals surface area contributed by atoms with Crippen molar-refractivity contribution in [3.8, 4) is 10.7 Å². The molecule has 3 aromatic heterocycles. The van der Waals surface area contributed by atoms with Crippen molar-refractivity contribution in [3.63, 3.8) is 0 Å². The van der Waals surface area contributed by atoms with Crippen LogP contribution in [0.3, 0.4) is 0 Å². The van der Waals surface area contributed by atoms with Gasteiger partial charge < -0.3 is 14.7 Å². The SMILES string of the molecule is CC1=CC(OCc2ncc(F)cc2F)=C(Cl)CN1c1cc(-c2nc(C(C)(C)O)ns2)ncc1C. The lowest BCUT2D eigenvalue weighted by atomic mass is 10.1. The van der Waals surface area contributed by atoms with E-state index >= 15 is 0 Å². The predicted octanol–water partition coefficient (Wildman–Crippen LogP) is 5.20. The van der Waals surface area contributed by atoms with Crippen molar-refractivity contribution in [2.75, 3.05) is 11.4 Å². The smallest absolute Gasteiger partial charge is 0.174 e. The minimum absolute atomic E-state index is 0.0102. The molecule has 0 aliphatic carbocycles. The highest BCUT2D eigenvalue weighted by Gasteiger charge is 2.25. The van der Waals surface area contributed by atoms with Gasteiger partial charge in [0, 0.05) is 29.7 Å². The molecule has 1 N–H and O–H groups in total. The second-order valence-corrected chi connectivity index (χ2v) is 9.56. The first-order chi connectivity index (χ1) is 16.0. The van der Waals surface area contributed by atoms with Gasteiger partial charge in [-0.25, -0.2) is 13.8 Å². The van der Waals surface area contributed by atoms with Gasteiger partial charge in [0.2, 0.25) is 0 Å². The van der Waals surface area contributed by atoms with Crippen LogP contribution in [0, 0.1) is 18.6 Å². The Balaban J connectivity index is 1.55. The van der Waals surface area contributed by atoms with Crippen LogP contribution in [0.1, 0.15) is 37.9 Å². The minimum Gasteiger partial charge on any atom is -0.486 e. The van der Waals surface area contributed by atoms with E-state index in [0.717, 1.165) is 29.2 Å². The van der Waals surface area contributed by atoms with Gasteiger partial charge in [0.25, 0.3) is 0 Å². The molecular weight excluding hydrogens is 484 g/mol. The number of halogens is 3. The highest BCUT2D eigenvalue weighted by atomic mass is 35.5. The van der Waals surface area contributed by atoms with E-state index in [-0.39, 0.29) is 12.3 Å². The van der Waals surface area contributed by atoms with Crippen molar-refractivity contribution >= 4 is 28.8 Å². The number of hydrogen-bond donors (Lipinski definition) is 1. The maximum Gasteiger partial charge on any atom is 0.174 e. The largest absolute Gasteiger partial charge is 0.486 e. The van der Waals surface area contributed by atoms with Crippen LogP contribution in [0.4, 0.5) is 14.5 Å². The van der Waals surface area contributed by atoms with E-state index in [2.05, 4.69) is 19.3 Å². The molecule has 34 heavy (non-hydrogen) atoms. The van der Waals surface area contributed by atoms with E-state index in [4.69, 9.17) is 16.3 Å². The zero-order valence-electron chi connectivity index (χ0n) is 18.9. The number of hydrogen-bond acceptors (Lipinski definition) is 8. The number of ether oxygens (including phenoxy) is 1. The van der Waals surface area contributed by atoms with E-state index in [9.17, 15) is 13.9 Å². The number of aryl methyl sites for hydroxylation is 1. The van der Waals surface area contributed by atoms with Gasteiger partial charge in [-0.3, -0.25) is 9.97 Å². The van der Waals surface area contributed by atoms with Gasteiger partial charge in [0.05, 0.1) is 17.8 Å². The molecule has 4 heterocycles. The molecule has 0 saturated heterocycles. The minimum atomic E-state index is -1.14. The van der Waals surface area contributed by atoms with Crippen molar-refractivity contribution in [2.24, 2.45) is 0 Å². The molecule has 0 unspecified atom stereocenters. The molecule has 1 aliphatic heterocycles. The predicted molar refractivity (Wildman–Crippen MR) is 126 cm³/mol. The summed E-state index contributed by atoms with van der Waals surface area (Å²) >= 11 is 7.68. The van der Waals surface area contributed by atoms with E-state index in [1.165, 1.54) is 11.5 Å². The fraction of sp³-hybridized carbons (Fsp3) is 0.304. The van der Waals surface area contributed by atoms with Crippen molar-refractivity contribution in [2.45, 2.75) is 39.9 Å². The Labute approximate surface area is 204 Å².